The van der Waals surface area contributed by atoms with Crippen LogP contribution in [0.5, 0.6) is 5.75 Å². The Hall–Kier alpha value is -1.13. The lowest BCUT2D eigenvalue weighted by atomic mass is 10.0. The van der Waals surface area contributed by atoms with Crippen molar-refractivity contribution < 1.29 is 9.50 Å². The van der Waals surface area contributed by atoms with E-state index in [4.69, 9.17) is 5.11 Å². The second kappa shape index (κ2) is 4.16. The van der Waals surface area contributed by atoms with E-state index in [1.165, 1.54) is 6.07 Å². The fourth-order valence-corrected chi connectivity index (χ4v) is 1.94. The molecule has 82 valence electrons. The van der Waals surface area contributed by atoms with Crippen LogP contribution >= 0.6 is 0 Å². The van der Waals surface area contributed by atoms with Crippen molar-refractivity contribution in [3.63, 3.8) is 0 Å². The van der Waals surface area contributed by atoms with E-state index in [0.29, 0.717) is 5.56 Å². The van der Waals surface area contributed by atoms with Crippen LogP contribution in [-0.4, -0.2) is 36.7 Å². The van der Waals surface area contributed by atoms with Crippen molar-refractivity contribution in [2.75, 3.05) is 26.7 Å². The highest BCUT2D eigenvalue weighted by Crippen LogP contribution is 2.25. The van der Waals surface area contributed by atoms with Gasteiger partial charge in [-0.1, -0.05) is 6.07 Å². The van der Waals surface area contributed by atoms with Crippen LogP contribution in [-0.2, 0) is 0 Å². The van der Waals surface area contributed by atoms with Crippen molar-refractivity contribution in [2.24, 2.45) is 0 Å². The first-order valence-corrected chi connectivity index (χ1v) is 5.08. The summed E-state index contributed by atoms with van der Waals surface area (Å²) in [5.74, 6) is -0.363. The molecule has 1 atom stereocenters. The zero-order valence-electron chi connectivity index (χ0n) is 8.70. The Morgan fingerprint density at radius 3 is 3.00 bits per heavy atom. The second-order valence-corrected chi connectivity index (χ2v) is 3.91. The molecular weight excluding hydrogens is 195 g/mol. The number of nitrogens with zero attached hydrogens (tertiary/aromatic N) is 1. The number of likely N-dealkylation sites (N-methyl/N-ethyl adjacent to an activating group) is 1. The molecule has 1 fully saturated rings. The molecular formula is C11H15FN2O. The van der Waals surface area contributed by atoms with Gasteiger partial charge in [0.1, 0.15) is 11.6 Å². The predicted molar refractivity (Wildman–Crippen MR) is 56.3 cm³/mol. The van der Waals surface area contributed by atoms with Gasteiger partial charge in [0.05, 0.1) is 0 Å². The van der Waals surface area contributed by atoms with Crippen LogP contribution in [0.1, 0.15) is 11.6 Å². The molecule has 0 spiro atoms. The third kappa shape index (κ3) is 2.11. The summed E-state index contributed by atoms with van der Waals surface area (Å²) in [4.78, 5) is 2.12. The monoisotopic (exact) mass is 210 g/mol. The first-order chi connectivity index (χ1) is 7.18. The standard InChI is InChI=1S/C11H15FN2O/c1-14-5-4-13-7-11(14)9-3-2-8(15)6-10(9)12/h2-3,6,11,13,15H,4-5,7H2,1H3. The number of halogens is 1. The number of rotatable bonds is 1. The molecule has 0 aliphatic carbocycles. The van der Waals surface area contributed by atoms with Gasteiger partial charge in [-0.25, -0.2) is 4.39 Å². The molecule has 1 heterocycles. The first-order valence-electron chi connectivity index (χ1n) is 5.08. The lowest BCUT2D eigenvalue weighted by Crippen LogP contribution is -2.44. The fraction of sp³-hybridized carbons (Fsp3) is 0.455. The topological polar surface area (TPSA) is 35.5 Å². The Morgan fingerprint density at radius 1 is 1.53 bits per heavy atom. The SMILES string of the molecule is CN1CCNCC1c1ccc(O)cc1F. The van der Waals surface area contributed by atoms with Gasteiger partial charge < -0.3 is 10.4 Å². The number of hydrogen-bond acceptors (Lipinski definition) is 3. The zero-order chi connectivity index (χ0) is 10.8. The van der Waals surface area contributed by atoms with Gasteiger partial charge in [0, 0.05) is 37.3 Å². The van der Waals surface area contributed by atoms with E-state index in [9.17, 15) is 4.39 Å². The summed E-state index contributed by atoms with van der Waals surface area (Å²) in [6.07, 6.45) is 0. The molecule has 1 unspecified atom stereocenters. The van der Waals surface area contributed by atoms with E-state index in [-0.39, 0.29) is 17.6 Å². The third-order valence-corrected chi connectivity index (χ3v) is 2.85. The molecule has 2 rings (SSSR count). The van der Waals surface area contributed by atoms with Crippen LogP contribution in [0.25, 0.3) is 0 Å². The normalized spacial score (nSPS) is 22.9. The summed E-state index contributed by atoms with van der Waals surface area (Å²) in [6.45, 7) is 2.59. The Morgan fingerprint density at radius 2 is 2.33 bits per heavy atom. The van der Waals surface area contributed by atoms with Gasteiger partial charge in [0.15, 0.2) is 0 Å². The Bertz CT molecular complexity index is 356. The van der Waals surface area contributed by atoms with E-state index in [1.54, 1.807) is 6.07 Å². The molecule has 1 aliphatic rings. The number of benzene rings is 1. The molecule has 1 saturated heterocycles. The number of nitrogens with one attached hydrogen (secondary N) is 1. The van der Waals surface area contributed by atoms with Crippen molar-refractivity contribution in [1.29, 1.82) is 0 Å². The predicted octanol–water partition coefficient (Wildman–Crippen LogP) is 1.11. The number of phenols is 1. The van der Waals surface area contributed by atoms with E-state index in [0.717, 1.165) is 25.7 Å². The molecule has 4 heteroatoms. The van der Waals surface area contributed by atoms with E-state index < -0.39 is 0 Å². The quantitative estimate of drug-likeness (QED) is 0.728. The van der Waals surface area contributed by atoms with Crippen molar-refractivity contribution in [3.05, 3.63) is 29.6 Å². The average molecular weight is 210 g/mol. The molecule has 1 aliphatic heterocycles. The van der Waals surface area contributed by atoms with E-state index in [1.807, 2.05) is 7.05 Å². The highest BCUT2D eigenvalue weighted by molar-refractivity contribution is 5.30. The number of piperazine rings is 1. The molecule has 2 N–H and O–H groups in total. The van der Waals surface area contributed by atoms with Crippen LogP contribution in [0.15, 0.2) is 18.2 Å². The van der Waals surface area contributed by atoms with Crippen molar-refractivity contribution >= 4 is 0 Å². The molecule has 0 bridgehead atoms. The van der Waals surface area contributed by atoms with Crippen LogP contribution < -0.4 is 5.32 Å². The first kappa shape index (κ1) is 10.4. The van der Waals surface area contributed by atoms with Gasteiger partial charge >= 0.3 is 0 Å². The van der Waals surface area contributed by atoms with Gasteiger partial charge in [-0.05, 0) is 13.1 Å². The second-order valence-electron chi connectivity index (χ2n) is 3.91. The van der Waals surface area contributed by atoms with Crippen molar-refractivity contribution in [3.8, 4) is 5.75 Å². The van der Waals surface area contributed by atoms with Gasteiger partial charge in [0.2, 0.25) is 0 Å². The van der Waals surface area contributed by atoms with Gasteiger partial charge in [0.25, 0.3) is 0 Å². The maximum absolute atomic E-state index is 13.6. The maximum atomic E-state index is 13.6. The van der Waals surface area contributed by atoms with Gasteiger partial charge in [-0.15, -0.1) is 0 Å². The van der Waals surface area contributed by atoms with Gasteiger partial charge in [-0.2, -0.15) is 0 Å². The summed E-state index contributed by atoms with van der Waals surface area (Å²) in [5, 5.41) is 12.4. The number of aromatic hydroxyl groups is 1. The fourth-order valence-electron chi connectivity index (χ4n) is 1.94. The van der Waals surface area contributed by atoms with Crippen molar-refractivity contribution in [1.82, 2.24) is 10.2 Å². The molecule has 1 aromatic rings. The van der Waals surface area contributed by atoms with Crippen LogP contribution in [0.3, 0.4) is 0 Å². The summed E-state index contributed by atoms with van der Waals surface area (Å²) < 4.78 is 13.6. The average Bonchev–Trinajstić information content (AvgIpc) is 2.20. The minimum absolute atomic E-state index is 0.0253. The summed E-state index contributed by atoms with van der Waals surface area (Å²) in [5.41, 5.74) is 0.641. The van der Waals surface area contributed by atoms with Crippen molar-refractivity contribution in [2.45, 2.75) is 6.04 Å². The lowest BCUT2D eigenvalue weighted by molar-refractivity contribution is 0.198. The van der Waals surface area contributed by atoms with E-state index >= 15 is 0 Å². The highest BCUT2D eigenvalue weighted by atomic mass is 19.1. The smallest absolute Gasteiger partial charge is 0.131 e. The molecule has 1 aromatic carbocycles. The molecule has 0 saturated carbocycles. The summed E-state index contributed by atoms with van der Waals surface area (Å²) in [6, 6.07) is 4.40. The Kier molecular flexibility index (Phi) is 2.88. The molecule has 15 heavy (non-hydrogen) atoms. The molecule has 0 amide bonds. The highest BCUT2D eigenvalue weighted by Gasteiger charge is 2.22. The van der Waals surface area contributed by atoms with E-state index in [2.05, 4.69) is 10.2 Å². The van der Waals surface area contributed by atoms with Crippen LogP contribution in [0.2, 0.25) is 0 Å². The minimum atomic E-state index is -0.337. The summed E-state index contributed by atoms with van der Waals surface area (Å²) in [7, 11) is 1.98. The Balaban J connectivity index is 2.27. The molecule has 0 aromatic heterocycles. The molecule has 0 radical (unpaired) electrons. The largest absolute Gasteiger partial charge is 0.508 e. The lowest BCUT2D eigenvalue weighted by Gasteiger charge is -2.33. The van der Waals surface area contributed by atoms with Gasteiger partial charge in [-0.3, -0.25) is 4.90 Å². The van der Waals surface area contributed by atoms with Crippen LogP contribution in [0.4, 0.5) is 4.39 Å². The maximum Gasteiger partial charge on any atom is 0.131 e. The zero-order valence-corrected chi connectivity index (χ0v) is 8.70. The number of phenolic OH excluding ortho intramolecular Hbond substituents is 1. The summed E-state index contributed by atoms with van der Waals surface area (Å²) >= 11 is 0. The number of hydrogen-bond donors (Lipinski definition) is 2. The molecule has 3 nitrogen and oxygen atoms in total. The third-order valence-electron chi connectivity index (χ3n) is 2.85. The minimum Gasteiger partial charge on any atom is -0.508 e. The Labute approximate surface area is 88.5 Å². The van der Waals surface area contributed by atoms with Crippen LogP contribution in [0, 0.1) is 5.82 Å².